The van der Waals surface area contributed by atoms with Gasteiger partial charge in [-0.1, -0.05) is 0 Å². The molecule has 2 rings (SSSR count). The Bertz CT molecular complexity index is 498. The molecule has 1 heterocycles. The Hall–Kier alpha value is -1.51. The average Bonchev–Trinajstić information content (AvgIpc) is 2.45. The van der Waals surface area contributed by atoms with Crippen molar-refractivity contribution in [3.63, 3.8) is 0 Å². The molecule has 3 heteroatoms. The second-order valence-electron chi connectivity index (χ2n) is 6.28. The fraction of sp³-hybridized carbons (Fsp3) is 0.533. The summed E-state index contributed by atoms with van der Waals surface area (Å²) in [5.41, 5.74) is 1.32. The number of nitrogens with zero attached hydrogens (tertiary/aromatic N) is 1. The Morgan fingerprint density at radius 1 is 1.22 bits per heavy atom. The molecule has 1 aromatic carbocycles. The van der Waals surface area contributed by atoms with Crippen LogP contribution in [0, 0.1) is 0 Å². The van der Waals surface area contributed by atoms with E-state index < -0.39 is 0 Å². The van der Waals surface area contributed by atoms with Crippen LogP contribution in [0.2, 0.25) is 0 Å². The van der Waals surface area contributed by atoms with Crippen LogP contribution in [0.1, 0.15) is 50.5 Å². The highest BCUT2D eigenvalue weighted by Gasteiger charge is 2.47. The van der Waals surface area contributed by atoms with E-state index in [1.807, 2.05) is 23.1 Å². The van der Waals surface area contributed by atoms with Gasteiger partial charge in [0.05, 0.1) is 12.6 Å². The van der Waals surface area contributed by atoms with Crippen molar-refractivity contribution in [1.82, 2.24) is 4.90 Å². The van der Waals surface area contributed by atoms with E-state index in [0.717, 1.165) is 16.9 Å². The predicted molar refractivity (Wildman–Crippen MR) is 71.9 cm³/mol. The molecule has 0 aromatic heterocycles. The molecule has 0 radical (unpaired) electrons. The molecule has 0 saturated carbocycles. The number of carbonyl (C=O) groups excluding carboxylic acids is 1. The van der Waals surface area contributed by atoms with Gasteiger partial charge in [-0.3, -0.25) is 4.79 Å². The number of benzene rings is 1. The third-order valence-electron chi connectivity index (χ3n) is 3.55. The van der Waals surface area contributed by atoms with Crippen LogP contribution in [-0.4, -0.2) is 23.5 Å². The topological polar surface area (TPSA) is 29.5 Å². The number of amides is 1. The van der Waals surface area contributed by atoms with Crippen LogP contribution in [0.3, 0.4) is 0 Å². The molecule has 1 aliphatic heterocycles. The van der Waals surface area contributed by atoms with Crippen molar-refractivity contribution in [3.05, 3.63) is 29.3 Å². The molecular weight excluding hydrogens is 226 g/mol. The van der Waals surface area contributed by atoms with Crippen molar-refractivity contribution in [1.29, 1.82) is 0 Å². The van der Waals surface area contributed by atoms with Gasteiger partial charge < -0.3 is 9.64 Å². The van der Waals surface area contributed by atoms with E-state index in [4.69, 9.17) is 4.74 Å². The van der Waals surface area contributed by atoms with E-state index in [0.29, 0.717) is 0 Å². The Balaban J connectivity index is 2.61. The zero-order valence-corrected chi connectivity index (χ0v) is 12.0. The van der Waals surface area contributed by atoms with Crippen molar-refractivity contribution in [2.75, 3.05) is 7.11 Å². The third kappa shape index (κ3) is 1.69. The Morgan fingerprint density at radius 2 is 1.83 bits per heavy atom. The monoisotopic (exact) mass is 247 g/mol. The molecule has 1 aromatic rings. The van der Waals surface area contributed by atoms with Gasteiger partial charge in [0, 0.05) is 11.1 Å². The van der Waals surface area contributed by atoms with Gasteiger partial charge in [0.2, 0.25) is 0 Å². The Labute approximate surface area is 109 Å². The van der Waals surface area contributed by atoms with Gasteiger partial charge in [0.1, 0.15) is 5.75 Å². The molecule has 18 heavy (non-hydrogen) atoms. The lowest BCUT2D eigenvalue weighted by atomic mass is 9.91. The van der Waals surface area contributed by atoms with Crippen LogP contribution in [-0.2, 0) is 5.54 Å². The fourth-order valence-electron chi connectivity index (χ4n) is 2.98. The van der Waals surface area contributed by atoms with Crippen molar-refractivity contribution in [3.8, 4) is 5.75 Å². The molecule has 0 N–H and O–H groups in total. The van der Waals surface area contributed by atoms with Crippen LogP contribution in [0.15, 0.2) is 18.2 Å². The van der Waals surface area contributed by atoms with Crippen molar-refractivity contribution >= 4 is 5.91 Å². The Morgan fingerprint density at radius 3 is 2.33 bits per heavy atom. The molecule has 0 bridgehead atoms. The first-order valence-electron chi connectivity index (χ1n) is 6.23. The molecule has 0 aliphatic carbocycles. The number of hydrogen-bond acceptors (Lipinski definition) is 2. The highest BCUT2D eigenvalue weighted by molar-refractivity contribution is 6.00. The number of fused-ring (bicyclic) bond motifs is 1. The molecule has 1 aliphatic rings. The summed E-state index contributed by atoms with van der Waals surface area (Å²) < 4.78 is 5.26. The summed E-state index contributed by atoms with van der Waals surface area (Å²) >= 11 is 0. The van der Waals surface area contributed by atoms with E-state index in [2.05, 4.69) is 34.6 Å². The largest absolute Gasteiger partial charge is 0.497 e. The standard InChI is InChI=1S/C15H21NO2/c1-14(2,3)16-13(17)11-8-7-10(18-6)9-12(11)15(16,4)5/h7-9H,1-6H3. The van der Waals surface area contributed by atoms with Gasteiger partial charge in [-0.2, -0.15) is 0 Å². The first kappa shape index (κ1) is 12.9. The summed E-state index contributed by atoms with van der Waals surface area (Å²) in [6.07, 6.45) is 0. The second kappa shape index (κ2) is 3.74. The highest BCUT2D eigenvalue weighted by atomic mass is 16.5. The average molecular weight is 247 g/mol. The van der Waals surface area contributed by atoms with Crippen molar-refractivity contribution < 1.29 is 9.53 Å². The number of methoxy groups -OCH3 is 1. The number of carbonyl (C=O) groups is 1. The normalized spacial score (nSPS) is 17.9. The molecule has 0 fully saturated rings. The van der Waals surface area contributed by atoms with Gasteiger partial charge in [0.25, 0.3) is 5.91 Å². The first-order valence-corrected chi connectivity index (χ1v) is 6.23. The van der Waals surface area contributed by atoms with Crippen LogP contribution in [0.5, 0.6) is 5.75 Å². The minimum Gasteiger partial charge on any atom is -0.497 e. The number of hydrogen-bond donors (Lipinski definition) is 0. The summed E-state index contributed by atoms with van der Waals surface area (Å²) in [6.45, 7) is 10.4. The smallest absolute Gasteiger partial charge is 0.255 e. The van der Waals surface area contributed by atoms with Crippen LogP contribution in [0.25, 0.3) is 0 Å². The van der Waals surface area contributed by atoms with E-state index in [1.165, 1.54) is 0 Å². The molecule has 1 amide bonds. The van der Waals surface area contributed by atoms with E-state index in [-0.39, 0.29) is 17.0 Å². The zero-order chi connectivity index (χ0) is 13.7. The van der Waals surface area contributed by atoms with Gasteiger partial charge in [-0.05, 0) is 58.4 Å². The summed E-state index contributed by atoms with van der Waals surface area (Å²) in [5.74, 6) is 0.899. The minimum atomic E-state index is -0.306. The summed E-state index contributed by atoms with van der Waals surface area (Å²) in [6, 6.07) is 5.68. The van der Waals surface area contributed by atoms with E-state index >= 15 is 0 Å². The predicted octanol–water partition coefficient (Wildman–Crippen LogP) is 3.18. The SMILES string of the molecule is COc1ccc2c(c1)C(C)(C)N(C(C)(C)C)C2=O. The van der Waals surface area contributed by atoms with E-state index in [1.54, 1.807) is 7.11 Å². The second-order valence-corrected chi connectivity index (χ2v) is 6.28. The molecule has 3 nitrogen and oxygen atoms in total. The molecule has 0 atom stereocenters. The van der Waals surface area contributed by atoms with Crippen molar-refractivity contribution in [2.45, 2.75) is 45.7 Å². The molecule has 0 spiro atoms. The maximum absolute atomic E-state index is 12.5. The maximum atomic E-state index is 12.5. The van der Waals surface area contributed by atoms with E-state index in [9.17, 15) is 4.79 Å². The number of ether oxygens (including phenoxy) is 1. The highest BCUT2D eigenvalue weighted by Crippen LogP contribution is 2.43. The van der Waals surface area contributed by atoms with Gasteiger partial charge in [-0.15, -0.1) is 0 Å². The molecule has 0 unspecified atom stereocenters. The quantitative estimate of drug-likeness (QED) is 0.762. The Kier molecular flexibility index (Phi) is 2.69. The fourth-order valence-corrected chi connectivity index (χ4v) is 2.98. The van der Waals surface area contributed by atoms with Crippen LogP contribution >= 0.6 is 0 Å². The minimum absolute atomic E-state index is 0.102. The van der Waals surface area contributed by atoms with Gasteiger partial charge in [0.15, 0.2) is 0 Å². The summed E-state index contributed by atoms with van der Waals surface area (Å²) in [5, 5.41) is 0. The lowest BCUT2D eigenvalue weighted by Gasteiger charge is -2.42. The van der Waals surface area contributed by atoms with Gasteiger partial charge in [-0.25, -0.2) is 0 Å². The van der Waals surface area contributed by atoms with Crippen LogP contribution < -0.4 is 4.74 Å². The van der Waals surface area contributed by atoms with Crippen molar-refractivity contribution in [2.24, 2.45) is 0 Å². The summed E-state index contributed by atoms with van der Waals surface area (Å²) in [7, 11) is 1.65. The maximum Gasteiger partial charge on any atom is 0.255 e. The first-order chi connectivity index (χ1) is 8.19. The molecule has 98 valence electrons. The third-order valence-corrected chi connectivity index (χ3v) is 3.55. The van der Waals surface area contributed by atoms with Crippen LogP contribution in [0.4, 0.5) is 0 Å². The lowest BCUT2D eigenvalue weighted by Crippen LogP contribution is -2.50. The number of rotatable bonds is 1. The van der Waals surface area contributed by atoms with Gasteiger partial charge >= 0.3 is 0 Å². The lowest BCUT2D eigenvalue weighted by molar-refractivity contribution is 0.0299. The molecular formula is C15H21NO2. The summed E-state index contributed by atoms with van der Waals surface area (Å²) in [4.78, 5) is 14.5. The zero-order valence-electron chi connectivity index (χ0n) is 12.0. The molecule has 0 saturated heterocycles.